The minimum atomic E-state index is -0.328. The van der Waals surface area contributed by atoms with Crippen LogP contribution in [-0.2, 0) is 4.79 Å². The van der Waals surface area contributed by atoms with Crippen LogP contribution in [0.2, 0.25) is 0 Å². The third kappa shape index (κ3) is 3.98. The van der Waals surface area contributed by atoms with Gasteiger partial charge in [0, 0.05) is 45.3 Å². The van der Waals surface area contributed by atoms with Gasteiger partial charge in [-0.1, -0.05) is 19.1 Å². The van der Waals surface area contributed by atoms with Crippen LogP contribution in [-0.4, -0.2) is 65.9 Å². The Hall–Kier alpha value is -2.15. The molecule has 1 aromatic carbocycles. The summed E-state index contributed by atoms with van der Waals surface area (Å²) in [6.07, 6.45) is 2.29. The molecule has 0 N–H and O–H groups in total. The molecule has 3 rings (SSSR count). The van der Waals surface area contributed by atoms with E-state index in [0.29, 0.717) is 24.7 Å². The first kappa shape index (κ1) is 18.6. The zero-order chi connectivity index (χ0) is 18.7. The number of likely N-dealkylation sites (tertiary alicyclic amines) is 1. The van der Waals surface area contributed by atoms with E-state index >= 15 is 0 Å². The Morgan fingerprint density at radius 2 is 1.88 bits per heavy atom. The lowest BCUT2D eigenvalue weighted by atomic mass is 9.99. The molecule has 0 radical (unpaired) electrons. The second kappa shape index (κ2) is 8.03. The molecule has 2 saturated heterocycles. The van der Waals surface area contributed by atoms with E-state index in [4.69, 9.17) is 0 Å². The number of para-hydroxylation sites is 2. The maximum atomic E-state index is 12.8. The summed E-state index contributed by atoms with van der Waals surface area (Å²) >= 11 is 0. The van der Waals surface area contributed by atoms with Crippen molar-refractivity contribution in [2.24, 2.45) is 5.92 Å². The fraction of sp³-hybridized carbons (Fsp3) is 0.632. The summed E-state index contributed by atoms with van der Waals surface area (Å²) in [6, 6.07) is 6.74. The number of rotatable bonds is 4. The molecule has 2 fully saturated rings. The summed E-state index contributed by atoms with van der Waals surface area (Å²) < 4.78 is 0. The van der Waals surface area contributed by atoms with Crippen molar-refractivity contribution in [2.75, 3.05) is 44.2 Å². The second-order valence-corrected chi connectivity index (χ2v) is 7.48. The third-order valence-corrected chi connectivity index (χ3v) is 5.61. The number of benzene rings is 1. The van der Waals surface area contributed by atoms with Crippen LogP contribution in [0.4, 0.5) is 11.4 Å². The van der Waals surface area contributed by atoms with Crippen LogP contribution in [0.1, 0.15) is 26.7 Å². The number of piperidine rings is 1. The molecule has 7 heteroatoms. The van der Waals surface area contributed by atoms with E-state index < -0.39 is 0 Å². The van der Waals surface area contributed by atoms with Gasteiger partial charge >= 0.3 is 0 Å². The molecule has 2 heterocycles. The summed E-state index contributed by atoms with van der Waals surface area (Å²) in [4.78, 5) is 30.0. The largest absolute Gasteiger partial charge is 0.363 e. The monoisotopic (exact) mass is 360 g/mol. The number of amides is 1. The van der Waals surface area contributed by atoms with E-state index in [1.54, 1.807) is 18.2 Å². The fourth-order valence-electron chi connectivity index (χ4n) is 4.05. The number of carbonyl (C=O) groups is 1. The van der Waals surface area contributed by atoms with E-state index in [9.17, 15) is 14.9 Å². The first-order valence-electron chi connectivity index (χ1n) is 9.48. The van der Waals surface area contributed by atoms with E-state index in [2.05, 4.69) is 16.7 Å². The van der Waals surface area contributed by atoms with Gasteiger partial charge in [0.25, 0.3) is 5.69 Å². The molecule has 0 unspecified atom stereocenters. The Morgan fingerprint density at radius 3 is 2.54 bits per heavy atom. The van der Waals surface area contributed by atoms with E-state index in [-0.39, 0.29) is 22.6 Å². The van der Waals surface area contributed by atoms with E-state index in [1.807, 2.05) is 17.9 Å². The average molecular weight is 360 g/mol. The van der Waals surface area contributed by atoms with Crippen LogP contribution in [0.15, 0.2) is 24.3 Å². The summed E-state index contributed by atoms with van der Waals surface area (Å²) in [5.74, 6) is 0.797. The highest BCUT2D eigenvalue weighted by atomic mass is 16.6. The maximum absolute atomic E-state index is 12.8. The minimum Gasteiger partial charge on any atom is -0.363 e. The van der Waals surface area contributed by atoms with Gasteiger partial charge in [0.2, 0.25) is 5.91 Å². The molecule has 1 amide bonds. The van der Waals surface area contributed by atoms with Gasteiger partial charge < -0.3 is 9.80 Å². The van der Waals surface area contributed by atoms with Gasteiger partial charge in [-0.2, -0.15) is 0 Å². The van der Waals surface area contributed by atoms with Crippen LogP contribution in [0.5, 0.6) is 0 Å². The molecule has 0 bridgehead atoms. The number of hydrogen-bond acceptors (Lipinski definition) is 5. The van der Waals surface area contributed by atoms with E-state index in [1.165, 1.54) is 6.42 Å². The van der Waals surface area contributed by atoms with Crippen LogP contribution in [0.25, 0.3) is 0 Å². The molecule has 0 spiro atoms. The molecule has 2 aliphatic rings. The Kier molecular flexibility index (Phi) is 5.76. The SMILES string of the molecule is C[C@@H]1CCCN(C(=O)[C@H](C)N2CCN(c3ccccc3[N+](=O)[O-])CC2)C1. The molecule has 2 aliphatic heterocycles. The molecule has 0 saturated carbocycles. The van der Waals surface area contributed by atoms with E-state index in [0.717, 1.165) is 32.6 Å². The lowest BCUT2D eigenvalue weighted by molar-refractivity contribution is -0.384. The number of nitrogens with zero attached hydrogens (tertiary/aromatic N) is 4. The van der Waals surface area contributed by atoms with Crippen molar-refractivity contribution in [2.45, 2.75) is 32.7 Å². The number of carbonyl (C=O) groups excluding carboxylic acids is 1. The summed E-state index contributed by atoms with van der Waals surface area (Å²) in [5, 5.41) is 11.2. The van der Waals surface area contributed by atoms with Crippen molar-refractivity contribution in [3.05, 3.63) is 34.4 Å². The predicted octanol–water partition coefficient (Wildman–Crippen LogP) is 2.36. The standard InChI is InChI=1S/C19H28N4O3/c1-15-6-5-9-22(14-15)19(24)16(2)20-10-12-21(13-11-20)17-7-3-4-8-18(17)23(25)26/h3-4,7-8,15-16H,5-6,9-14H2,1-2H3/t15-,16+/m1/s1. The predicted molar refractivity (Wildman–Crippen MR) is 101 cm³/mol. The molecule has 1 aromatic rings. The van der Waals surface area contributed by atoms with Crippen molar-refractivity contribution in [3.8, 4) is 0 Å². The number of nitro benzene ring substituents is 1. The molecule has 0 aliphatic carbocycles. The van der Waals surface area contributed by atoms with Crippen LogP contribution < -0.4 is 4.90 Å². The zero-order valence-corrected chi connectivity index (χ0v) is 15.6. The summed E-state index contributed by atoms with van der Waals surface area (Å²) in [7, 11) is 0. The number of anilines is 1. The Balaban J connectivity index is 1.60. The highest BCUT2D eigenvalue weighted by Gasteiger charge is 2.31. The lowest BCUT2D eigenvalue weighted by Gasteiger charge is -2.40. The Labute approximate surface area is 154 Å². The highest BCUT2D eigenvalue weighted by Crippen LogP contribution is 2.28. The second-order valence-electron chi connectivity index (χ2n) is 7.48. The molecule has 142 valence electrons. The van der Waals surface area contributed by atoms with Gasteiger partial charge in [-0.25, -0.2) is 0 Å². The van der Waals surface area contributed by atoms with Gasteiger partial charge in [-0.05, 0) is 31.7 Å². The Morgan fingerprint density at radius 1 is 1.19 bits per heavy atom. The quantitative estimate of drug-likeness (QED) is 0.609. The molecule has 26 heavy (non-hydrogen) atoms. The van der Waals surface area contributed by atoms with Crippen molar-refractivity contribution in [1.82, 2.24) is 9.80 Å². The van der Waals surface area contributed by atoms with Crippen LogP contribution in [0.3, 0.4) is 0 Å². The van der Waals surface area contributed by atoms with Crippen molar-refractivity contribution in [3.63, 3.8) is 0 Å². The first-order chi connectivity index (χ1) is 12.5. The summed E-state index contributed by atoms with van der Waals surface area (Å²) in [6.45, 7) is 8.78. The average Bonchev–Trinajstić information content (AvgIpc) is 2.67. The van der Waals surface area contributed by atoms with Crippen molar-refractivity contribution < 1.29 is 9.72 Å². The Bertz CT molecular complexity index is 658. The normalized spacial score (nSPS) is 22.9. The van der Waals surface area contributed by atoms with Crippen LogP contribution >= 0.6 is 0 Å². The van der Waals surface area contributed by atoms with Gasteiger partial charge in [-0.3, -0.25) is 19.8 Å². The number of hydrogen-bond donors (Lipinski definition) is 0. The molecule has 0 aromatic heterocycles. The number of piperazine rings is 1. The first-order valence-corrected chi connectivity index (χ1v) is 9.48. The molecular formula is C19H28N4O3. The zero-order valence-electron chi connectivity index (χ0n) is 15.6. The lowest BCUT2D eigenvalue weighted by Crippen LogP contribution is -2.55. The van der Waals surface area contributed by atoms with Gasteiger partial charge in [0.05, 0.1) is 11.0 Å². The summed E-state index contributed by atoms with van der Waals surface area (Å²) in [5.41, 5.74) is 0.813. The third-order valence-electron chi connectivity index (χ3n) is 5.61. The highest BCUT2D eigenvalue weighted by molar-refractivity contribution is 5.81. The number of nitro groups is 1. The van der Waals surface area contributed by atoms with Crippen LogP contribution in [0, 0.1) is 16.0 Å². The van der Waals surface area contributed by atoms with Gasteiger partial charge in [0.1, 0.15) is 5.69 Å². The topological polar surface area (TPSA) is 69.9 Å². The molecular weight excluding hydrogens is 332 g/mol. The maximum Gasteiger partial charge on any atom is 0.292 e. The molecule has 7 nitrogen and oxygen atoms in total. The fourth-order valence-corrected chi connectivity index (χ4v) is 4.05. The van der Waals surface area contributed by atoms with Gasteiger partial charge in [-0.15, -0.1) is 0 Å². The minimum absolute atomic E-state index is 0.131. The van der Waals surface area contributed by atoms with Gasteiger partial charge in [0.15, 0.2) is 0 Å². The van der Waals surface area contributed by atoms with Crippen molar-refractivity contribution in [1.29, 1.82) is 0 Å². The van der Waals surface area contributed by atoms with Crippen molar-refractivity contribution >= 4 is 17.3 Å². The molecule has 2 atom stereocenters. The smallest absolute Gasteiger partial charge is 0.292 e.